The fourth-order valence-electron chi connectivity index (χ4n) is 1.60. The molecule has 1 atom stereocenters. The smallest absolute Gasteiger partial charge is 0.341 e. The Morgan fingerprint density at radius 3 is 2.64 bits per heavy atom. The minimum atomic E-state index is -1.07. The van der Waals surface area contributed by atoms with Crippen LogP contribution in [0.1, 0.15) is 24.2 Å². The van der Waals surface area contributed by atoms with Crippen LogP contribution in [0.2, 0.25) is 0 Å². The number of benzene rings is 1. The highest BCUT2D eigenvalue weighted by molar-refractivity contribution is 7.99. The van der Waals surface area contributed by atoms with Crippen LogP contribution in [-0.4, -0.2) is 48.2 Å². The molecule has 122 valence electrons. The Morgan fingerprint density at radius 1 is 1.32 bits per heavy atom. The van der Waals surface area contributed by atoms with E-state index < -0.39 is 12.6 Å². The maximum Gasteiger partial charge on any atom is 0.341 e. The fourth-order valence-corrected chi connectivity index (χ4v) is 1.85. The predicted molar refractivity (Wildman–Crippen MR) is 86.1 cm³/mol. The van der Waals surface area contributed by atoms with Crippen LogP contribution in [0.5, 0.6) is 11.5 Å². The van der Waals surface area contributed by atoms with Gasteiger partial charge in [-0.3, -0.25) is 4.79 Å². The lowest BCUT2D eigenvalue weighted by Gasteiger charge is -2.13. The highest BCUT2D eigenvalue weighted by Gasteiger charge is 2.13. The largest absolute Gasteiger partial charge is 0.490 e. The third kappa shape index (κ3) is 5.85. The number of carbonyl (C=O) groups is 2. The minimum absolute atomic E-state index is 0.202. The van der Waals surface area contributed by atoms with Crippen molar-refractivity contribution in [3.05, 3.63) is 23.8 Å². The van der Waals surface area contributed by atoms with Gasteiger partial charge in [-0.2, -0.15) is 11.8 Å². The van der Waals surface area contributed by atoms with E-state index in [9.17, 15) is 9.59 Å². The molecule has 1 rings (SSSR count). The summed E-state index contributed by atoms with van der Waals surface area (Å²) < 4.78 is 10.5. The van der Waals surface area contributed by atoms with Gasteiger partial charge in [-0.1, -0.05) is 6.92 Å². The first-order valence-corrected chi connectivity index (χ1v) is 8.19. The minimum Gasteiger partial charge on any atom is -0.490 e. The summed E-state index contributed by atoms with van der Waals surface area (Å²) in [6, 6.07) is 4.68. The molecular formula is C15H21NO5S. The van der Waals surface area contributed by atoms with E-state index in [1.807, 2.05) is 13.2 Å². The highest BCUT2D eigenvalue weighted by atomic mass is 32.2. The zero-order valence-corrected chi connectivity index (χ0v) is 13.7. The summed E-state index contributed by atoms with van der Waals surface area (Å²) in [6.45, 7) is 4.32. The van der Waals surface area contributed by atoms with E-state index in [1.165, 1.54) is 0 Å². The van der Waals surface area contributed by atoms with Gasteiger partial charge in [-0.15, -0.1) is 0 Å². The first-order valence-electron chi connectivity index (χ1n) is 6.90. The average Bonchev–Trinajstić information content (AvgIpc) is 2.51. The third-order valence-electron chi connectivity index (χ3n) is 2.81. The summed E-state index contributed by atoms with van der Waals surface area (Å²) in [5.74, 6) is -0.616. The number of nitrogens with one attached hydrogen (secondary N) is 1. The van der Waals surface area contributed by atoms with Gasteiger partial charge in [0.2, 0.25) is 0 Å². The predicted octanol–water partition coefficient (Wildman–Crippen LogP) is 2.03. The summed E-state index contributed by atoms with van der Waals surface area (Å²) in [6.07, 6.45) is 1.98. The molecule has 0 aromatic heterocycles. The van der Waals surface area contributed by atoms with Gasteiger partial charge in [0.05, 0.1) is 6.61 Å². The Labute approximate surface area is 134 Å². The second kappa shape index (κ2) is 9.19. The second-order valence-corrected chi connectivity index (χ2v) is 5.81. The lowest BCUT2D eigenvalue weighted by Crippen LogP contribution is -2.29. The SMILES string of the molecule is CCOc1cc(C(=O)NCC(C)SC)ccc1OCC(=O)O. The number of thioether (sulfide) groups is 1. The van der Waals surface area contributed by atoms with E-state index in [4.69, 9.17) is 14.6 Å². The highest BCUT2D eigenvalue weighted by Crippen LogP contribution is 2.28. The van der Waals surface area contributed by atoms with Crippen molar-refractivity contribution >= 4 is 23.6 Å². The molecule has 0 bridgehead atoms. The van der Waals surface area contributed by atoms with Crippen LogP contribution in [0.4, 0.5) is 0 Å². The van der Waals surface area contributed by atoms with Crippen molar-refractivity contribution in [2.45, 2.75) is 19.1 Å². The molecule has 0 saturated heterocycles. The molecule has 6 nitrogen and oxygen atoms in total. The Morgan fingerprint density at radius 2 is 2.05 bits per heavy atom. The van der Waals surface area contributed by atoms with Crippen molar-refractivity contribution in [2.24, 2.45) is 0 Å². The van der Waals surface area contributed by atoms with Crippen molar-refractivity contribution in [1.29, 1.82) is 0 Å². The number of hydrogen-bond donors (Lipinski definition) is 2. The molecule has 2 N–H and O–H groups in total. The number of carbonyl (C=O) groups excluding carboxylic acids is 1. The zero-order valence-electron chi connectivity index (χ0n) is 12.9. The van der Waals surface area contributed by atoms with Crippen LogP contribution in [0.3, 0.4) is 0 Å². The van der Waals surface area contributed by atoms with E-state index in [2.05, 4.69) is 5.32 Å². The van der Waals surface area contributed by atoms with Crippen LogP contribution in [0, 0.1) is 0 Å². The van der Waals surface area contributed by atoms with E-state index in [1.54, 1.807) is 36.9 Å². The molecule has 7 heteroatoms. The van der Waals surface area contributed by atoms with E-state index in [-0.39, 0.29) is 5.91 Å². The van der Waals surface area contributed by atoms with Crippen LogP contribution in [-0.2, 0) is 4.79 Å². The molecule has 0 aliphatic carbocycles. The molecule has 1 aromatic rings. The lowest BCUT2D eigenvalue weighted by molar-refractivity contribution is -0.139. The molecule has 0 radical (unpaired) electrons. The first kappa shape index (κ1) is 18.2. The molecule has 1 unspecified atom stereocenters. The number of carboxylic acids is 1. The van der Waals surface area contributed by atoms with E-state index in [0.717, 1.165) is 0 Å². The van der Waals surface area contributed by atoms with Gasteiger partial charge in [-0.05, 0) is 31.4 Å². The van der Waals surface area contributed by atoms with Gasteiger partial charge in [0.15, 0.2) is 18.1 Å². The topological polar surface area (TPSA) is 84.9 Å². The van der Waals surface area contributed by atoms with Crippen molar-refractivity contribution in [3.8, 4) is 11.5 Å². The van der Waals surface area contributed by atoms with Crippen LogP contribution >= 0.6 is 11.8 Å². The lowest BCUT2D eigenvalue weighted by atomic mass is 10.2. The summed E-state index contributed by atoms with van der Waals surface area (Å²) in [5.41, 5.74) is 0.444. The van der Waals surface area contributed by atoms with Crippen molar-refractivity contribution < 1.29 is 24.2 Å². The van der Waals surface area contributed by atoms with Gasteiger partial charge in [0.25, 0.3) is 5.91 Å². The maximum atomic E-state index is 12.1. The number of aliphatic carboxylic acids is 1. The van der Waals surface area contributed by atoms with Crippen molar-refractivity contribution in [1.82, 2.24) is 5.32 Å². The second-order valence-electron chi connectivity index (χ2n) is 4.53. The summed E-state index contributed by atoms with van der Waals surface area (Å²) >= 11 is 1.67. The average molecular weight is 327 g/mol. The number of hydrogen-bond acceptors (Lipinski definition) is 5. The normalized spacial score (nSPS) is 11.6. The number of amides is 1. The van der Waals surface area contributed by atoms with Crippen LogP contribution in [0.15, 0.2) is 18.2 Å². The molecule has 0 heterocycles. The summed E-state index contributed by atoms with van der Waals surface area (Å²) in [5, 5.41) is 11.8. The number of carboxylic acid groups (broad SMARTS) is 1. The van der Waals surface area contributed by atoms with Crippen LogP contribution < -0.4 is 14.8 Å². The number of ether oxygens (including phenoxy) is 2. The number of rotatable bonds is 9. The zero-order chi connectivity index (χ0) is 16.5. The van der Waals surface area contributed by atoms with E-state index in [0.29, 0.717) is 35.5 Å². The van der Waals surface area contributed by atoms with Crippen molar-refractivity contribution in [3.63, 3.8) is 0 Å². The molecule has 0 fully saturated rings. The van der Waals surface area contributed by atoms with Crippen molar-refractivity contribution in [2.75, 3.05) is 26.0 Å². The third-order valence-corrected chi connectivity index (χ3v) is 3.78. The molecule has 0 aliphatic rings. The Bertz CT molecular complexity index is 521. The monoisotopic (exact) mass is 327 g/mol. The van der Waals surface area contributed by atoms with Gasteiger partial charge in [0.1, 0.15) is 0 Å². The van der Waals surface area contributed by atoms with Gasteiger partial charge < -0.3 is 19.9 Å². The Balaban J connectivity index is 2.82. The van der Waals surface area contributed by atoms with E-state index >= 15 is 0 Å². The van der Waals surface area contributed by atoms with Gasteiger partial charge in [-0.25, -0.2) is 4.79 Å². The maximum absolute atomic E-state index is 12.1. The quantitative estimate of drug-likeness (QED) is 0.722. The molecule has 22 heavy (non-hydrogen) atoms. The Hall–Kier alpha value is -1.89. The molecule has 0 aliphatic heterocycles. The Kier molecular flexibility index (Phi) is 7.59. The molecular weight excluding hydrogens is 306 g/mol. The standard InChI is InChI=1S/C15H21NO5S/c1-4-20-13-7-11(15(19)16-8-10(2)22-3)5-6-12(13)21-9-14(17)18/h5-7,10H,4,8-9H2,1-3H3,(H,16,19)(H,17,18). The molecule has 1 aromatic carbocycles. The van der Waals surface area contributed by atoms with Gasteiger partial charge in [0, 0.05) is 17.4 Å². The molecule has 1 amide bonds. The molecule has 0 spiro atoms. The first-order chi connectivity index (χ1) is 10.5. The summed E-state index contributed by atoms with van der Waals surface area (Å²) in [7, 11) is 0. The van der Waals surface area contributed by atoms with Crippen LogP contribution in [0.25, 0.3) is 0 Å². The fraction of sp³-hybridized carbons (Fsp3) is 0.467. The van der Waals surface area contributed by atoms with Gasteiger partial charge >= 0.3 is 5.97 Å². The molecule has 0 saturated carbocycles. The summed E-state index contributed by atoms with van der Waals surface area (Å²) in [4.78, 5) is 22.7.